The number of nitrogens with zero attached hydrogens (tertiary/aromatic N) is 2. The van der Waals surface area contributed by atoms with Crippen molar-refractivity contribution in [2.75, 3.05) is 5.32 Å². The molecule has 2 aromatic carbocycles. The Bertz CT molecular complexity index is 957. The summed E-state index contributed by atoms with van der Waals surface area (Å²) in [5.74, 6) is -0.210. The number of hydrogen-bond donors (Lipinski definition) is 1. The summed E-state index contributed by atoms with van der Waals surface area (Å²) in [5, 5.41) is 2.78. The van der Waals surface area contributed by atoms with Crippen molar-refractivity contribution < 1.29 is 18.7 Å². The molecule has 1 heterocycles. The molecule has 144 valence electrons. The molecule has 0 aliphatic rings. The van der Waals surface area contributed by atoms with Crippen LogP contribution < -0.4 is 14.8 Å². The summed E-state index contributed by atoms with van der Waals surface area (Å²) in [6.07, 6.45) is -0.712. The third-order valence-electron chi connectivity index (χ3n) is 3.96. The molecule has 0 aliphatic heterocycles. The highest BCUT2D eigenvalue weighted by Gasteiger charge is 2.19. The predicted molar refractivity (Wildman–Crippen MR) is 103 cm³/mol. The van der Waals surface area contributed by atoms with Crippen LogP contribution in [-0.4, -0.2) is 22.0 Å². The second-order valence-electron chi connectivity index (χ2n) is 6.15. The Kier molecular flexibility index (Phi) is 5.84. The smallest absolute Gasteiger partial charge is 0.322 e. The molecule has 7 heteroatoms. The number of amides is 1. The van der Waals surface area contributed by atoms with Crippen molar-refractivity contribution in [3.05, 3.63) is 71.8 Å². The van der Waals surface area contributed by atoms with Gasteiger partial charge in [-0.15, -0.1) is 0 Å². The van der Waals surface area contributed by atoms with Crippen LogP contribution in [0, 0.1) is 19.7 Å². The number of anilines is 1. The van der Waals surface area contributed by atoms with Gasteiger partial charge in [-0.25, -0.2) is 4.39 Å². The van der Waals surface area contributed by atoms with Crippen molar-refractivity contribution in [1.82, 2.24) is 9.97 Å². The molecular weight excluding hydrogens is 361 g/mol. The summed E-state index contributed by atoms with van der Waals surface area (Å²) in [4.78, 5) is 20.9. The summed E-state index contributed by atoms with van der Waals surface area (Å²) < 4.78 is 24.8. The van der Waals surface area contributed by atoms with Gasteiger partial charge >= 0.3 is 6.01 Å². The Hall–Kier alpha value is -3.48. The first kappa shape index (κ1) is 19.3. The van der Waals surface area contributed by atoms with Gasteiger partial charge in [-0.05, 0) is 45.0 Å². The molecule has 1 amide bonds. The van der Waals surface area contributed by atoms with E-state index in [1.165, 1.54) is 12.1 Å². The lowest BCUT2D eigenvalue weighted by Gasteiger charge is -2.17. The molecule has 0 bridgehead atoms. The Morgan fingerprint density at radius 2 is 1.61 bits per heavy atom. The van der Waals surface area contributed by atoms with Crippen molar-refractivity contribution in [2.24, 2.45) is 0 Å². The van der Waals surface area contributed by atoms with Gasteiger partial charge in [0, 0.05) is 0 Å². The van der Waals surface area contributed by atoms with Gasteiger partial charge in [0.15, 0.2) is 17.7 Å². The van der Waals surface area contributed by atoms with E-state index >= 15 is 0 Å². The Labute approximate surface area is 162 Å². The minimum absolute atomic E-state index is 0.00619. The normalized spacial score (nSPS) is 11.6. The Balaban J connectivity index is 1.72. The first-order valence-electron chi connectivity index (χ1n) is 8.74. The van der Waals surface area contributed by atoms with E-state index in [9.17, 15) is 9.18 Å². The molecule has 1 unspecified atom stereocenters. The molecule has 1 aromatic heterocycles. The first-order valence-corrected chi connectivity index (χ1v) is 8.74. The SMILES string of the molecule is Cc1nc(Oc2ccccc2F)nc(C)c1NC(=O)C(C)Oc1ccccc1. The van der Waals surface area contributed by atoms with E-state index in [0.717, 1.165) is 0 Å². The molecule has 0 radical (unpaired) electrons. The standard InChI is InChI=1S/C21H20FN3O3/c1-13-19(25-20(26)15(3)27-16-9-5-4-6-10-16)14(2)24-21(23-13)28-18-12-8-7-11-17(18)22/h4-12,15H,1-3H3,(H,25,26). The maximum absolute atomic E-state index is 13.7. The number of hydrogen-bond acceptors (Lipinski definition) is 5. The van der Waals surface area contributed by atoms with Crippen molar-refractivity contribution in [3.63, 3.8) is 0 Å². The fourth-order valence-electron chi connectivity index (χ4n) is 2.52. The Morgan fingerprint density at radius 1 is 1.00 bits per heavy atom. The lowest BCUT2D eigenvalue weighted by molar-refractivity contribution is -0.122. The lowest BCUT2D eigenvalue weighted by Crippen LogP contribution is -2.31. The van der Waals surface area contributed by atoms with Crippen LogP contribution in [0.2, 0.25) is 0 Å². The molecular formula is C21H20FN3O3. The number of rotatable bonds is 6. The topological polar surface area (TPSA) is 73.3 Å². The van der Waals surface area contributed by atoms with E-state index in [1.807, 2.05) is 18.2 Å². The molecule has 1 atom stereocenters. The first-order chi connectivity index (χ1) is 13.4. The minimum atomic E-state index is -0.712. The van der Waals surface area contributed by atoms with E-state index in [0.29, 0.717) is 22.8 Å². The highest BCUT2D eigenvalue weighted by Crippen LogP contribution is 2.25. The zero-order valence-electron chi connectivity index (χ0n) is 15.8. The fourth-order valence-corrected chi connectivity index (χ4v) is 2.52. The van der Waals surface area contributed by atoms with Crippen molar-refractivity contribution in [3.8, 4) is 17.5 Å². The van der Waals surface area contributed by atoms with Gasteiger partial charge < -0.3 is 14.8 Å². The largest absolute Gasteiger partial charge is 0.481 e. The second kappa shape index (κ2) is 8.47. The number of carbonyl (C=O) groups is 1. The van der Waals surface area contributed by atoms with Crippen molar-refractivity contribution in [1.29, 1.82) is 0 Å². The zero-order valence-corrected chi connectivity index (χ0v) is 15.8. The van der Waals surface area contributed by atoms with Crippen LogP contribution in [0.15, 0.2) is 54.6 Å². The number of ether oxygens (including phenoxy) is 2. The molecule has 0 aliphatic carbocycles. The van der Waals surface area contributed by atoms with E-state index in [1.54, 1.807) is 45.0 Å². The molecule has 0 saturated carbocycles. The summed E-state index contributed by atoms with van der Waals surface area (Å²) in [5.41, 5.74) is 1.47. The third-order valence-corrected chi connectivity index (χ3v) is 3.96. The van der Waals surface area contributed by atoms with Crippen LogP contribution in [0.25, 0.3) is 0 Å². The molecule has 0 saturated heterocycles. The van der Waals surface area contributed by atoms with Crippen molar-refractivity contribution in [2.45, 2.75) is 26.9 Å². The minimum Gasteiger partial charge on any atom is -0.481 e. The Morgan fingerprint density at radius 3 is 2.25 bits per heavy atom. The molecule has 6 nitrogen and oxygen atoms in total. The van der Waals surface area contributed by atoms with E-state index in [4.69, 9.17) is 9.47 Å². The number of halogens is 1. The van der Waals surface area contributed by atoms with Crippen molar-refractivity contribution >= 4 is 11.6 Å². The van der Waals surface area contributed by atoms with Crippen LogP contribution in [-0.2, 0) is 4.79 Å². The molecule has 0 spiro atoms. The second-order valence-corrected chi connectivity index (χ2v) is 6.15. The van der Waals surface area contributed by atoms with Crippen LogP contribution in [0.5, 0.6) is 17.5 Å². The van der Waals surface area contributed by atoms with Crippen LogP contribution >= 0.6 is 0 Å². The molecule has 3 aromatic rings. The van der Waals surface area contributed by atoms with Crippen LogP contribution in [0.4, 0.5) is 10.1 Å². The summed E-state index contributed by atoms with van der Waals surface area (Å²) in [7, 11) is 0. The number of carbonyl (C=O) groups excluding carboxylic acids is 1. The monoisotopic (exact) mass is 381 g/mol. The summed E-state index contributed by atoms with van der Waals surface area (Å²) in [6.45, 7) is 5.08. The van der Waals surface area contributed by atoms with E-state index in [-0.39, 0.29) is 17.7 Å². The van der Waals surface area contributed by atoms with Gasteiger partial charge in [-0.2, -0.15) is 9.97 Å². The summed E-state index contributed by atoms with van der Waals surface area (Å²) >= 11 is 0. The molecule has 3 rings (SSSR count). The maximum atomic E-state index is 13.7. The van der Waals surface area contributed by atoms with Gasteiger partial charge in [0.1, 0.15) is 5.75 Å². The third kappa shape index (κ3) is 4.62. The average molecular weight is 381 g/mol. The predicted octanol–water partition coefficient (Wildman–Crippen LogP) is 4.43. The van der Waals surface area contributed by atoms with Gasteiger partial charge in [0.05, 0.1) is 17.1 Å². The van der Waals surface area contributed by atoms with Gasteiger partial charge in [-0.1, -0.05) is 30.3 Å². The lowest BCUT2D eigenvalue weighted by atomic mass is 10.2. The maximum Gasteiger partial charge on any atom is 0.322 e. The van der Waals surface area contributed by atoms with E-state index in [2.05, 4.69) is 15.3 Å². The van der Waals surface area contributed by atoms with Gasteiger partial charge in [0.2, 0.25) is 0 Å². The highest BCUT2D eigenvalue weighted by molar-refractivity contribution is 5.95. The van der Waals surface area contributed by atoms with Crippen LogP contribution in [0.3, 0.4) is 0 Å². The fraction of sp³-hybridized carbons (Fsp3) is 0.190. The quantitative estimate of drug-likeness (QED) is 0.684. The number of benzene rings is 2. The zero-order chi connectivity index (χ0) is 20.1. The number of para-hydroxylation sites is 2. The van der Waals surface area contributed by atoms with Crippen LogP contribution in [0.1, 0.15) is 18.3 Å². The number of nitrogens with one attached hydrogen (secondary N) is 1. The molecule has 0 fully saturated rings. The average Bonchev–Trinajstić information content (AvgIpc) is 2.67. The van der Waals surface area contributed by atoms with Gasteiger partial charge in [0.25, 0.3) is 5.91 Å². The summed E-state index contributed by atoms with van der Waals surface area (Å²) in [6, 6.07) is 15.1. The number of aryl methyl sites for hydroxylation is 2. The molecule has 28 heavy (non-hydrogen) atoms. The van der Waals surface area contributed by atoms with E-state index < -0.39 is 11.9 Å². The number of aromatic nitrogens is 2. The molecule has 1 N–H and O–H groups in total. The highest BCUT2D eigenvalue weighted by atomic mass is 19.1. The van der Waals surface area contributed by atoms with Gasteiger partial charge in [-0.3, -0.25) is 4.79 Å².